The first-order valence-corrected chi connectivity index (χ1v) is 6.33. The van der Waals surface area contributed by atoms with Gasteiger partial charge in [0.25, 0.3) is 0 Å². The molecule has 0 spiro atoms. The van der Waals surface area contributed by atoms with Gasteiger partial charge in [0.2, 0.25) is 0 Å². The van der Waals surface area contributed by atoms with Crippen molar-refractivity contribution in [2.45, 2.75) is 51.0 Å². The molecule has 1 N–H and O–H groups in total. The molecule has 88 valence electrons. The Labute approximate surface area is 97.7 Å². The number of aromatic nitrogens is 1. The number of rotatable bonds is 3. The number of hydrogen-bond acceptors (Lipinski definition) is 2. The first-order chi connectivity index (χ1) is 7.72. The standard InChI is InChI=1S/C14H21NO/c1-2-12-5-3-7-14(16,9-12)10-13-6-4-8-15-11-13/h4,6,8,11-12,16H,2-3,5,7,9-10H2,1H3. The summed E-state index contributed by atoms with van der Waals surface area (Å²) in [5.41, 5.74) is 0.670. The first kappa shape index (κ1) is 11.6. The highest BCUT2D eigenvalue weighted by molar-refractivity contribution is 5.12. The summed E-state index contributed by atoms with van der Waals surface area (Å²) in [5, 5.41) is 10.6. The predicted molar refractivity (Wildman–Crippen MR) is 65.1 cm³/mol. The molecule has 0 saturated heterocycles. The van der Waals surface area contributed by atoms with Gasteiger partial charge in [-0.25, -0.2) is 0 Å². The van der Waals surface area contributed by atoms with Gasteiger partial charge in [-0.15, -0.1) is 0 Å². The molecule has 2 heteroatoms. The van der Waals surface area contributed by atoms with Gasteiger partial charge in [-0.1, -0.05) is 32.3 Å². The van der Waals surface area contributed by atoms with Gasteiger partial charge in [-0.3, -0.25) is 4.98 Å². The van der Waals surface area contributed by atoms with Crippen molar-refractivity contribution in [1.29, 1.82) is 0 Å². The zero-order valence-electron chi connectivity index (χ0n) is 10.0. The molecule has 2 nitrogen and oxygen atoms in total. The summed E-state index contributed by atoms with van der Waals surface area (Å²) in [6, 6.07) is 4.00. The lowest BCUT2D eigenvalue weighted by Gasteiger charge is -2.36. The Hall–Kier alpha value is -0.890. The monoisotopic (exact) mass is 219 g/mol. The quantitative estimate of drug-likeness (QED) is 0.848. The van der Waals surface area contributed by atoms with Gasteiger partial charge in [0.15, 0.2) is 0 Å². The van der Waals surface area contributed by atoms with E-state index in [9.17, 15) is 5.11 Å². The molecule has 1 aromatic heterocycles. The van der Waals surface area contributed by atoms with E-state index in [2.05, 4.69) is 18.0 Å². The third-order valence-corrected chi connectivity index (χ3v) is 3.76. The second kappa shape index (κ2) is 4.96. The molecule has 16 heavy (non-hydrogen) atoms. The highest BCUT2D eigenvalue weighted by Crippen LogP contribution is 2.36. The highest BCUT2D eigenvalue weighted by Gasteiger charge is 2.33. The van der Waals surface area contributed by atoms with Crippen molar-refractivity contribution >= 4 is 0 Å². The summed E-state index contributed by atoms with van der Waals surface area (Å²) < 4.78 is 0. The van der Waals surface area contributed by atoms with Crippen LogP contribution in [-0.2, 0) is 6.42 Å². The Morgan fingerprint density at radius 1 is 1.56 bits per heavy atom. The maximum atomic E-state index is 10.6. The van der Waals surface area contributed by atoms with Crippen LogP contribution in [-0.4, -0.2) is 15.7 Å². The number of pyridine rings is 1. The molecule has 0 radical (unpaired) electrons. The smallest absolute Gasteiger partial charge is 0.0691 e. The number of nitrogens with zero attached hydrogens (tertiary/aromatic N) is 1. The summed E-state index contributed by atoms with van der Waals surface area (Å²) in [7, 11) is 0. The normalized spacial score (nSPS) is 30.2. The fourth-order valence-electron chi connectivity index (χ4n) is 2.85. The van der Waals surface area contributed by atoms with E-state index in [4.69, 9.17) is 0 Å². The zero-order chi connectivity index (χ0) is 11.4. The molecule has 0 bridgehead atoms. The van der Waals surface area contributed by atoms with Crippen molar-refractivity contribution in [2.75, 3.05) is 0 Å². The van der Waals surface area contributed by atoms with Gasteiger partial charge in [-0.05, 0) is 30.4 Å². The van der Waals surface area contributed by atoms with Crippen LogP contribution in [0.25, 0.3) is 0 Å². The molecular weight excluding hydrogens is 198 g/mol. The molecule has 1 aliphatic rings. The SMILES string of the molecule is CCC1CCCC(O)(Cc2cccnc2)C1. The van der Waals surface area contributed by atoms with Gasteiger partial charge >= 0.3 is 0 Å². The maximum Gasteiger partial charge on any atom is 0.0691 e. The zero-order valence-corrected chi connectivity index (χ0v) is 10.0. The molecule has 1 aromatic rings. The predicted octanol–water partition coefficient (Wildman–Crippen LogP) is 2.96. The average molecular weight is 219 g/mol. The summed E-state index contributed by atoms with van der Waals surface area (Å²) in [6.07, 6.45) is 9.95. The molecule has 1 aliphatic carbocycles. The first-order valence-electron chi connectivity index (χ1n) is 6.33. The Kier molecular flexibility index (Phi) is 3.59. The third kappa shape index (κ3) is 2.82. The van der Waals surface area contributed by atoms with E-state index in [1.54, 1.807) is 6.20 Å². The molecule has 1 saturated carbocycles. The van der Waals surface area contributed by atoms with Crippen LogP contribution in [0.2, 0.25) is 0 Å². The minimum Gasteiger partial charge on any atom is -0.390 e. The third-order valence-electron chi connectivity index (χ3n) is 3.76. The largest absolute Gasteiger partial charge is 0.390 e. The Morgan fingerprint density at radius 3 is 3.12 bits per heavy atom. The van der Waals surface area contributed by atoms with Crippen molar-refractivity contribution in [3.05, 3.63) is 30.1 Å². The summed E-state index contributed by atoms with van der Waals surface area (Å²) in [6.45, 7) is 2.22. The van der Waals surface area contributed by atoms with E-state index in [0.717, 1.165) is 31.2 Å². The molecule has 1 fully saturated rings. The van der Waals surface area contributed by atoms with Crippen LogP contribution in [0.1, 0.15) is 44.6 Å². The van der Waals surface area contributed by atoms with E-state index in [1.807, 2.05) is 12.3 Å². The van der Waals surface area contributed by atoms with E-state index in [0.29, 0.717) is 5.92 Å². The lowest BCUT2D eigenvalue weighted by Crippen LogP contribution is -2.37. The van der Waals surface area contributed by atoms with Crippen LogP contribution in [0.3, 0.4) is 0 Å². The molecular formula is C14H21NO. The van der Waals surface area contributed by atoms with E-state index in [1.165, 1.54) is 12.8 Å². The fraction of sp³-hybridized carbons (Fsp3) is 0.643. The fourth-order valence-corrected chi connectivity index (χ4v) is 2.85. The minimum absolute atomic E-state index is 0.484. The van der Waals surface area contributed by atoms with Gasteiger partial charge < -0.3 is 5.11 Å². The van der Waals surface area contributed by atoms with Gasteiger partial charge in [-0.2, -0.15) is 0 Å². The van der Waals surface area contributed by atoms with Crippen LogP contribution in [0.15, 0.2) is 24.5 Å². The van der Waals surface area contributed by atoms with Crippen LogP contribution in [0.4, 0.5) is 0 Å². The van der Waals surface area contributed by atoms with Crippen LogP contribution in [0.5, 0.6) is 0 Å². The van der Waals surface area contributed by atoms with Gasteiger partial charge in [0.1, 0.15) is 0 Å². The number of hydrogen-bond donors (Lipinski definition) is 1. The molecule has 0 aliphatic heterocycles. The van der Waals surface area contributed by atoms with Crippen molar-refractivity contribution in [3.63, 3.8) is 0 Å². The molecule has 2 atom stereocenters. The van der Waals surface area contributed by atoms with E-state index < -0.39 is 5.60 Å². The Balaban J connectivity index is 2.02. The average Bonchev–Trinajstić information content (AvgIpc) is 2.29. The van der Waals surface area contributed by atoms with Crippen molar-refractivity contribution in [3.8, 4) is 0 Å². The Morgan fingerprint density at radius 2 is 2.44 bits per heavy atom. The maximum absolute atomic E-state index is 10.6. The lowest BCUT2D eigenvalue weighted by atomic mass is 9.74. The summed E-state index contributed by atoms with van der Waals surface area (Å²) >= 11 is 0. The lowest BCUT2D eigenvalue weighted by molar-refractivity contribution is -0.0162. The molecule has 0 aromatic carbocycles. The summed E-state index contributed by atoms with van der Waals surface area (Å²) in [5.74, 6) is 0.704. The summed E-state index contributed by atoms with van der Waals surface area (Å²) in [4.78, 5) is 4.11. The molecule has 1 heterocycles. The van der Waals surface area contributed by atoms with Gasteiger partial charge in [0.05, 0.1) is 5.60 Å². The van der Waals surface area contributed by atoms with Crippen LogP contribution in [0, 0.1) is 5.92 Å². The van der Waals surface area contributed by atoms with E-state index in [-0.39, 0.29) is 0 Å². The van der Waals surface area contributed by atoms with Crippen LogP contribution < -0.4 is 0 Å². The van der Waals surface area contributed by atoms with Crippen LogP contribution >= 0.6 is 0 Å². The van der Waals surface area contributed by atoms with Crippen molar-refractivity contribution < 1.29 is 5.11 Å². The second-order valence-electron chi connectivity index (χ2n) is 5.13. The van der Waals surface area contributed by atoms with Crippen molar-refractivity contribution in [1.82, 2.24) is 4.98 Å². The second-order valence-corrected chi connectivity index (χ2v) is 5.13. The molecule has 2 rings (SSSR count). The minimum atomic E-state index is -0.484. The van der Waals surface area contributed by atoms with Gasteiger partial charge in [0, 0.05) is 18.8 Å². The Bertz CT molecular complexity index is 325. The van der Waals surface area contributed by atoms with E-state index >= 15 is 0 Å². The number of aliphatic hydroxyl groups is 1. The molecule has 2 unspecified atom stereocenters. The molecule has 0 amide bonds. The van der Waals surface area contributed by atoms with Crippen molar-refractivity contribution in [2.24, 2.45) is 5.92 Å². The highest BCUT2D eigenvalue weighted by atomic mass is 16.3. The topological polar surface area (TPSA) is 33.1 Å².